The average Bonchev–Trinajstić information content (AvgIpc) is 3.10. The Morgan fingerprint density at radius 2 is 1.93 bits per heavy atom. The summed E-state index contributed by atoms with van der Waals surface area (Å²) in [5, 5.41) is 6.22. The summed E-state index contributed by atoms with van der Waals surface area (Å²) in [5.41, 5.74) is 5.73. The molecule has 0 bridgehead atoms. The molecule has 0 amide bonds. The first-order chi connectivity index (χ1) is 13.7. The molecule has 3 aromatic carbocycles. The highest BCUT2D eigenvalue weighted by molar-refractivity contribution is 7.22. The predicted molar refractivity (Wildman–Crippen MR) is 118 cm³/mol. The molecule has 0 radical (unpaired) electrons. The Morgan fingerprint density at radius 3 is 2.79 bits per heavy atom. The number of hydrogen-bond donors (Lipinski definition) is 1. The molecule has 1 aromatic heterocycles. The van der Waals surface area contributed by atoms with Crippen LogP contribution in [0.5, 0.6) is 5.75 Å². The van der Waals surface area contributed by atoms with Crippen molar-refractivity contribution in [2.45, 2.75) is 6.61 Å². The molecule has 140 valence electrons. The van der Waals surface area contributed by atoms with Crippen LogP contribution in [-0.4, -0.2) is 11.2 Å². The molecular weight excluding hydrogens is 413 g/mol. The van der Waals surface area contributed by atoms with Gasteiger partial charge in [0.15, 0.2) is 0 Å². The maximum atomic E-state index is 6.18. The monoisotopic (exact) mass is 427 g/mol. The normalized spacial score (nSPS) is 11.2. The summed E-state index contributed by atoms with van der Waals surface area (Å²) in [6.45, 7) is 0.362. The summed E-state index contributed by atoms with van der Waals surface area (Å²) in [6, 6.07) is 21.0. The summed E-state index contributed by atoms with van der Waals surface area (Å²) in [5.74, 6) is 0.731. The molecule has 0 spiro atoms. The van der Waals surface area contributed by atoms with Gasteiger partial charge in [-0.05, 0) is 42.0 Å². The molecule has 28 heavy (non-hydrogen) atoms. The minimum absolute atomic E-state index is 0.362. The van der Waals surface area contributed by atoms with E-state index in [0.29, 0.717) is 16.7 Å². The molecule has 0 aliphatic rings. The van der Waals surface area contributed by atoms with E-state index in [1.807, 2.05) is 54.6 Å². The van der Waals surface area contributed by atoms with Crippen molar-refractivity contribution in [2.75, 3.05) is 5.43 Å². The first-order valence-corrected chi connectivity index (χ1v) is 10.1. The number of nitrogens with one attached hydrogen (secondary N) is 1. The number of hydrogen-bond acceptors (Lipinski definition) is 5. The molecule has 1 heterocycles. The van der Waals surface area contributed by atoms with Gasteiger partial charge in [0.05, 0.1) is 16.4 Å². The third-order valence-electron chi connectivity index (χ3n) is 3.94. The smallest absolute Gasteiger partial charge is 0.204 e. The molecule has 4 aromatic rings. The lowest BCUT2D eigenvalue weighted by Crippen LogP contribution is -1.97. The minimum Gasteiger partial charge on any atom is -0.489 e. The zero-order chi connectivity index (χ0) is 19.3. The van der Waals surface area contributed by atoms with E-state index in [2.05, 4.69) is 15.5 Å². The fourth-order valence-corrected chi connectivity index (χ4v) is 3.85. The van der Waals surface area contributed by atoms with Crippen molar-refractivity contribution in [1.82, 2.24) is 4.98 Å². The highest BCUT2D eigenvalue weighted by atomic mass is 35.5. The lowest BCUT2D eigenvalue weighted by molar-refractivity contribution is 0.306. The molecular formula is C21H15Cl2N3OS. The van der Waals surface area contributed by atoms with Gasteiger partial charge in [-0.15, -0.1) is 0 Å². The minimum atomic E-state index is 0.362. The van der Waals surface area contributed by atoms with Crippen LogP contribution >= 0.6 is 34.5 Å². The van der Waals surface area contributed by atoms with Gasteiger partial charge in [0, 0.05) is 15.6 Å². The quantitative estimate of drug-likeness (QED) is 0.277. The van der Waals surface area contributed by atoms with Crippen LogP contribution in [-0.2, 0) is 6.61 Å². The fraction of sp³-hybridized carbons (Fsp3) is 0.0476. The number of nitrogens with zero attached hydrogens (tertiary/aromatic N) is 2. The Bertz CT molecular complexity index is 1110. The fourth-order valence-electron chi connectivity index (χ4n) is 2.57. The van der Waals surface area contributed by atoms with E-state index in [9.17, 15) is 0 Å². The van der Waals surface area contributed by atoms with Crippen LogP contribution in [0, 0.1) is 0 Å². The Morgan fingerprint density at radius 1 is 1.04 bits per heavy atom. The van der Waals surface area contributed by atoms with Crippen molar-refractivity contribution in [3.63, 3.8) is 0 Å². The molecule has 0 aliphatic carbocycles. The number of fused-ring (bicyclic) bond motifs is 1. The van der Waals surface area contributed by atoms with Crippen LogP contribution in [0.15, 0.2) is 71.8 Å². The summed E-state index contributed by atoms with van der Waals surface area (Å²) >= 11 is 13.7. The van der Waals surface area contributed by atoms with E-state index in [1.165, 1.54) is 0 Å². The van der Waals surface area contributed by atoms with Gasteiger partial charge in [-0.1, -0.05) is 64.9 Å². The van der Waals surface area contributed by atoms with E-state index in [4.69, 9.17) is 27.9 Å². The highest BCUT2D eigenvalue weighted by Gasteiger charge is 2.04. The number of halogens is 2. The highest BCUT2D eigenvalue weighted by Crippen LogP contribution is 2.25. The summed E-state index contributed by atoms with van der Waals surface area (Å²) in [6.07, 6.45) is 1.73. The van der Waals surface area contributed by atoms with Gasteiger partial charge in [0.2, 0.25) is 5.13 Å². The molecule has 0 saturated heterocycles. The second-order valence-corrected chi connectivity index (χ2v) is 7.83. The number of aromatic nitrogens is 1. The Kier molecular flexibility index (Phi) is 5.76. The SMILES string of the molecule is Clc1ccc(COc2cccc(/C=N/Nc3nc4ccccc4s3)c2)c(Cl)c1. The molecule has 1 N–H and O–H groups in total. The largest absolute Gasteiger partial charge is 0.489 e. The third-order valence-corrected chi connectivity index (χ3v) is 5.46. The average molecular weight is 428 g/mol. The number of hydrazone groups is 1. The van der Waals surface area contributed by atoms with Gasteiger partial charge < -0.3 is 4.74 Å². The van der Waals surface area contributed by atoms with Crippen molar-refractivity contribution in [3.8, 4) is 5.75 Å². The van der Waals surface area contributed by atoms with Gasteiger partial charge in [0.1, 0.15) is 12.4 Å². The standard InChI is InChI=1S/C21H15Cl2N3OS/c22-16-9-8-15(18(23)11-16)13-27-17-5-3-4-14(10-17)12-24-26-21-25-19-6-1-2-7-20(19)28-21/h1-12H,13H2,(H,25,26)/b24-12+. The van der Waals surface area contributed by atoms with Gasteiger partial charge in [0.25, 0.3) is 0 Å². The van der Waals surface area contributed by atoms with Crippen LogP contribution in [0.2, 0.25) is 10.0 Å². The third kappa shape index (κ3) is 4.62. The van der Waals surface area contributed by atoms with E-state index in [0.717, 1.165) is 32.2 Å². The maximum Gasteiger partial charge on any atom is 0.204 e. The van der Waals surface area contributed by atoms with Crippen LogP contribution in [0.3, 0.4) is 0 Å². The molecule has 0 saturated carbocycles. The van der Waals surface area contributed by atoms with Gasteiger partial charge >= 0.3 is 0 Å². The molecule has 0 fully saturated rings. The molecule has 0 aliphatic heterocycles. The first kappa shape index (κ1) is 18.7. The summed E-state index contributed by atoms with van der Waals surface area (Å²) < 4.78 is 6.96. The number of benzene rings is 3. The van der Waals surface area contributed by atoms with E-state index in [1.54, 1.807) is 29.7 Å². The number of anilines is 1. The van der Waals surface area contributed by atoms with Gasteiger partial charge in [-0.25, -0.2) is 4.98 Å². The lowest BCUT2D eigenvalue weighted by atomic mass is 10.2. The van der Waals surface area contributed by atoms with Crippen molar-refractivity contribution in [2.24, 2.45) is 5.10 Å². The molecule has 4 rings (SSSR count). The van der Waals surface area contributed by atoms with Crippen LogP contribution in [0.25, 0.3) is 10.2 Å². The first-order valence-electron chi connectivity index (χ1n) is 8.49. The van der Waals surface area contributed by atoms with Crippen molar-refractivity contribution in [1.29, 1.82) is 0 Å². The van der Waals surface area contributed by atoms with E-state index in [-0.39, 0.29) is 0 Å². The van der Waals surface area contributed by atoms with Crippen molar-refractivity contribution in [3.05, 3.63) is 87.9 Å². The van der Waals surface area contributed by atoms with Crippen LogP contribution in [0.4, 0.5) is 5.13 Å². The van der Waals surface area contributed by atoms with E-state index < -0.39 is 0 Å². The Balaban J connectivity index is 1.39. The van der Waals surface area contributed by atoms with Gasteiger partial charge in [-0.2, -0.15) is 5.10 Å². The van der Waals surface area contributed by atoms with Crippen LogP contribution in [0.1, 0.15) is 11.1 Å². The topological polar surface area (TPSA) is 46.5 Å². The predicted octanol–water partition coefficient (Wildman–Crippen LogP) is 6.63. The number of ether oxygens (including phenoxy) is 1. The van der Waals surface area contributed by atoms with Crippen LogP contribution < -0.4 is 10.2 Å². The second kappa shape index (κ2) is 8.61. The number of rotatable bonds is 6. The van der Waals surface area contributed by atoms with Crippen molar-refractivity contribution < 1.29 is 4.74 Å². The van der Waals surface area contributed by atoms with Gasteiger partial charge in [-0.3, -0.25) is 5.43 Å². The summed E-state index contributed by atoms with van der Waals surface area (Å²) in [4.78, 5) is 4.49. The second-order valence-electron chi connectivity index (χ2n) is 5.95. The summed E-state index contributed by atoms with van der Waals surface area (Å²) in [7, 11) is 0. The number of thiazole rings is 1. The number of para-hydroxylation sites is 1. The molecule has 4 nitrogen and oxygen atoms in total. The Labute approximate surface area is 176 Å². The molecule has 7 heteroatoms. The zero-order valence-corrected chi connectivity index (χ0v) is 16.9. The lowest BCUT2D eigenvalue weighted by Gasteiger charge is -2.08. The maximum absolute atomic E-state index is 6.18. The molecule has 0 atom stereocenters. The Hall–Kier alpha value is -2.60. The molecule has 0 unspecified atom stereocenters. The van der Waals surface area contributed by atoms with Crippen molar-refractivity contribution >= 4 is 56.1 Å². The zero-order valence-electron chi connectivity index (χ0n) is 14.6. The van der Waals surface area contributed by atoms with E-state index >= 15 is 0 Å².